The van der Waals surface area contributed by atoms with E-state index in [4.69, 9.17) is 0 Å². The summed E-state index contributed by atoms with van der Waals surface area (Å²) in [6.45, 7) is 2.45. The molecule has 0 amide bonds. The van der Waals surface area contributed by atoms with Crippen molar-refractivity contribution in [3.05, 3.63) is 187 Å². The highest BCUT2D eigenvalue weighted by Crippen LogP contribution is 2.50. The SMILES string of the molecule is CC1c2ccc(-c3ccc4c(c3)c3ccccc3n4-c3cccc4c3sc3ccccc34)cc2-c2ccccc2C1Cc1cccc2c1sc1ccccc12. The summed E-state index contributed by atoms with van der Waals surface area (Å²) in [6.07, 6.45) is 1.03. The molecule has 8 aromatic carbocycles. The van der Waals surface area contributed by atoms with E-state index in [0.717, 1.165) is 6.42 Å². The molecule has 1 aliphatic rings. The minimum absolute atomic E-state index is 0.389. The van der Waals surface area contributed by atoms with Crippen molar-refractivity contribution in [1.82, 2.24) is 4.57 Å². The van der Waals surface area contributed by atoms with Crippen LogP contribution in [0, 0.1) is 0 Å². The van der Waals surface area contributed by atoms with Gasteiger partial charge in [0.1, 0.15) is 0 Å². The second-order valence-electron chi connectivity index (χ2n) is 15.2. The van der Waals surface area contributed by atoms with Crippen LogP contribution < -0.4 is 0 Å². The molecule has 0 N–H and O–H groups in total. The number of benzene rings is 8. The smallest absolute Gasteiger partial charge is 0.0640 e. The van der Waals surface area contributed by atoms with Crippen LogP contribution in [0.25, 0.3) is 90.1 Å². The molecule has 0 saturated heterocycles. The summed E-state index contributed by atoms with van der Waals surface area (Å²) in [5, 5.41) is 7.98. The van der Waals surface area contributed by atoms with Crippen LogP contribution in [0.4, 0.5) is 0 Å². The molecule has 260 valence electrons. The highest BCUT2D eigenvalue weighted by Gasteiger charge is 2.32. The van der Waals surface area contributed by atoms with Crippen molar-refractivity contribution < 1.29 is 0 Å². The monoisotopic (exact) mass is 737 g/mol. The molecule has 0 aliphatic heterocycles. The van der Waals surface area contributed by atoms with E-state index in [1.165, 1.54) is 107 Å². The van der Waals surface area contributed by atoms with Gasteiger partial charge in [-0.3, -0.25) is 0 Å². The third-order valence-corrected chi connectivity index (χ3v) is 14.8. The molecule has 1 aliphatic carbocycles. The lowest BCUT2D eigenvalue weighted by Gasteiger charge is -2.34. The molecule has 1 nitrogen and oxygen atoms in total. The van der Waals surface area contributed by atoms with Gasteiger partial charge >= 0.3 is 0 Å². The average molecular weight is 738 g/mol. The van der Waals surface area contributed by atoms with Crippen LogP contribution in [0.3, 0.4) is 0 Å². The Bertz CT molecular complexity index is 3340. The number of nitrogens with zero attached hydrogens (tertiary/aromatic N) is 1. The lowest BCUT2D eigenvalue weighted by atomic mass is 9.70. The lowest BCUT2D eigenvalue weighted by molar-refractivity contribution is 0.568. The maximum Gasteiger partial charge on any atom is 0.0640 e. The van der Waals surface area contributed by atoms with Gasteiger partial charge in [-0.1, -0.05) is 134 Å². The Morgan fingerprint density at radius 3 is 1.91 bits per heavy atom. The number of aromatic nitrogens is 1. The molecule has 0 fully saturated rings. The zero-order valence-corrected chi connectivity index (χ0v) is 31.9. The number of thiophene rings is 2. The van der Waals surface area contributed by atoms with Crippen LogP contribution in [0.2, 0.25) is 0 Å². The molecule has 3 heteroatoms. The first-order valence-corrected chi connectivity index (χ1v) is 20.9. The van der Waals surface area contributed by atoms with E-state index in [1.54, 1.807) is 0 Å². The van der Waals surface area contributed by atoms with E-state index in [-0.39, 0.29) is 0 Å². The van der Waals surface area contributed by atoms with Crippen molar-refractivity contribution >= 4 is 84.8 Å². The molecule has 3 heterocycles. The Balaban J connectivity index is 0.969. The number of hydrogen-bond donors (Lipinski definition) is 0. The highest BCUT2D eigenvalue weighted by molar-refractivity contribution is 7.26. The highest BCUT2D eigenvalue weighted by atomic mass is 32.1. The summed E-state index contributed by atoms with van der Waals surface area (Å²) in [5.74, 6) is 0.791. The molecule has 2 atom stereocenters. The fraction of sp³-hybridized carbons (Fsp3) is 0.0769. The maximum absolute atomic E-state index is 2.48. The van der Waals surface area contributed by atoms with Gasteiger partial charge in [0.15, 0.2) is 0 Å². The topological polar surface area (TPSA) is 4.93 Å². The van der Waals surface area contributed by atoms with Crippen molar-refractivity contribution in [1.29, 1.82) is 0 Å². The lowest BCUT2D eigenvalue weighted by Crippen LogP contribution is -2.18. The van der Waals surface area contributed by atoms with Crippen molar-refractivity contribution in [3.8, 4) is 27.9 Å². The zero-order chi connectivity index (χ0) is 36.2. The second kappa shape index (κ2) is 12.0. The zero-order valence-electron chi connectivity index (χ0n) is 30.3. The van der Waals surface area contributed by atoms with E-state index in [1.807, 2.05) is 22.7 Å². The average Bonchev–Trinajstić information content (AvgIpc) is 3.92. The number of para-hydroxylation sites is 1. The summed E-state index contributed by atoms with van der Waals surface area (Å²) < 4.78 is 7.95. The van der Waals surface area contributed by atoms with Crippen molar-refractivity contribution in [2.45, 2.75) is 25.2 Å². The summed E-state index contributed by atoms with van der Waals surface area (Å²) in [7, 11) is 0. The first-order valence-electron chi connectivity index (χ1n) is 19.3. The van der Waals surface area contributed by atoms with E-state index < -0.39 is 0 Å². The van der Waals surface area contributed by atoms with Gasteiger partial charge in [-0.15, -0.1) is 22.7 Å². The van der Waals surface area contributed by atoms with Gasteiger partial charge in [0.05, 0.1) is 21.4 Å². The standard InChI is InChI=1S/C52H35NS2/c1-31-35-26-24-32(28-44(35)37-14-3-2-13-36(37)43(31)30-34-12-10-18-41-39-16-5-8-22-49(39)54-51(34)41)33-25-27-47-45(29-33)38-15-4-7-20-46(38)53(47)48-21-11-19-42-40-17-6-9-23-50(40)55-52(42)48/h2-29,31,43H,30H2,1H3. The van der Waals surface area contributed by atoms with Gasteiger partial charge in [-0.25, -0.2) is 0 Å². The Kier molecular flexibility index (Phi) is 6.84. The molecule has 12 rings (SSSR count). The van der Waals surface area contributed by atoms with Gasteiger partial charge in [-0.2, -0.15) is 0 Å². The van der Waals surface area contributed by atoms with Gasteiger partial charge in [0.2, 0.25) is 0 Å². The molecule has 0 radical (unpaired) electrons. The van der Waals surface area contributed by atoms with Crippen LogP contribution in [-0.4, -0.2) is 4.57 Å². The second-order valence-corrected chi connectivity index (χ2v) is 17.3. The van der Waals surface area contributed by atoms with E-state index >= 15 is 0 Å². The predicted molar refractivity (Wildman–Crippen MR) is 239 cm³/mol. The predicted octanol–water partition coefficient (Wildman–Crippen LogP) is 15.3. The Morgan fingerprint density at radius 2 is 1.07 bits per heavy atom. The van der Waals surface area contributed by atoms with E-state index in [2.05, 4.69) is 181 Å². The largest absolute Gasteiger partial charge is 0.308 e. The Hall–Kier alpha value is -6.00. The molecule has 0 spiro atoms. The normalized spacial score (nSPS) is 15.4. The van der Waals surface area contributed by atoms with Crippen LogP contribution in [0.1, 0.15) is 35.4 Å². The van der Waals surface area contributed by atoms with Gasteiger partial charge in [-0.05, 0) is 99.7 Å². The molecule has 2 unspecified atom stereocenters. The number of hydrogen-bond acceptors (Lipinski definition) is 2. The Labute approximate surface area is 327 Å². The first-order chi connectivity index (χ1) is 27.2. The molecule has 3 aromatic heterocycles. The molecule has 0 saturated carbocycles. The van der Waals surface area contributed by atoms with Gasteiger partial charge in [0.25, 0.3) is 0 Å². The van der Waals surface area contributed by atoms with E-state index in [0.29, 0.717) is 11.8 Å². The molecule has 0 bridgehead atoms. The Morgan fingerprint density at radius 1 is 0.455 bits per heavy atom. The van der Waals surface area contributed by atoms with Gasteiger partial charge < -0.3 is 4.57 Å². The summed E-state index contributed by atoms with van der Waals surface area (Å²) in [5.41, 5.74) is 13.4. The molecule has 11 aromatic rings. The summed E-state index contributed by atoms with van der Waals surface area (Å²) in [6, 6.07) is 63.8. The third kappa shape index (κ3) is 4.64. The molecular weight excluding hydrogens is 703 g/mol. The number of rotatable bonds is 4. The van der Waals surface area contributed by atoms with Crippen LogP contribution in [0.5, 0.6) is 0 Å². The van der Waals surface area contributed by atoms with Crippen LogP contribution in [0.15, 0.2) is 170 Å². The number of fused-ring (bicyclic) bond motifs is 12. The van der Waals surface area contributed by atoms with Crippen molar-refractivity contribution in [2.75, 3.05) is 0 Å². The van der Waals surface area contributed by atoms with Crippen molar-refractivity contribution in [2.24, 2.45) is 0 Å². The minimum atomic E-state index is 0.389. The van der Waals surface area contributed by atoms with Crippen LogP contribution >= 0.6 is 22.7 Å². The van der Waals surface area contributed by atoms with Gasteiger partial charge in [0, 0.05) is 46.4 Å². The summed E-state index contributed by atoms with van der Waals surface area (Å²) >= 11 is 3.84. The summed E-state index contributed by atoms with van der Waals surface area (Å²) in [4.78, 5) is 0. The third-order valence-electron chi connectivity index (χ3n) is 12.4. The van der Waals surface area contributed by atoms with Crippen LogP contribution in [-0.2, 0) is 6.42 Å². The van der Waals surface area contributed by atoms with Crippen molar-refractivity contribution in [3.63, 3.8) is 0 Å². The maximum atomic E-state index is 2.48. The molecule has 55 heavy (non-hydrogen) atoms. The first kappa shape index (κ1) is 31.4. The fourth-order valence-electron chi connectivity index (χ4n) is 9.73. The quantitative estimate of drug-likeness (QED) is 0.169. The fourth-order valence-corrected chi connectivity index (χ4v) is 12.2. The van der Waals surface area contributed by atoms with E-state index in [9.17, 15) is 0 Å². The molecular formula is C52H35NS2. The minimum Gasteiger partial charge on any atom is -0.308 e.